The van der Waals surface area contributed by atoms with Crippen LogP contribution in [0.5, 0.6) is 0 Å². The summed E-state index contributed by atoms with van der Waals surface area (Å²) in [6.07, 6.45) is 1.96. The van der Waals surface area contributed by atoms with E-state index in [-0.39, 0.29) is 11.7 Å². The van der Waals surface area contributed by atoms with Crippen molar-refractivity contribution in [1.82, 2.24) is 0 Å². The lowest BCUT2D eigenvalue weighted by atomic mass is 9.98. The van der Waals surface area contributed by atoms with Crippen LogP contribution in [0.15, 0.2) is 54.1 Å². The summed E-state index contributed by atoms with van der Waals surface area (Å²) in [5.41, 5.74) is 3.80. The number of hydrogen-bond acceptors (Lipinski definition) is 1. The van der Waals surface area contributed by atoms with Crippen molar-refractivity contribution in [2.24, 2.45) is 0 Å². The van der Waals surface area contributed by atoms with E-state index in [9.17, 15) is 4.79 Å². The smallest absolute Gasteiger partial charge is 0.189 e. The minimum atomic E-state index is 0.137. The highest BCUT2D eigenvalue weighted by Gasteiger charge is 2.30. The van der Waals surface area contributed by atoms with Crippen LogP contribution in [0.1, 0.15) is 34.3 Å². The summed E-state index contributed by atoms with van der Waals surface area (Å²) < 4.78 is 0. The second-order valence-electron chi connectivity index (χ2n) is 4.79. The van der Waals surface area contributed by atoms with E-state index in [1.807, 2.05) is 54.6 Å². The summed E-state index contributed by atoms with van der Waals surface area (Å²) in [7, 11) is 0. The Bertz CT molecular complexity index is 668. The first kappa shape index (κ1) is 12.2. The summed E-state index contributed by atoms with van der Waals surface area (Å²) in [6.45, 7) is 2.07. The van der Waals surface area contributed by atoms with Gasteiger partial charge in [-0.05, 0) is 29.3 Å². The molecule has 0 spiro atoms. The van der Waals surface area contributed by atoms with Gasteiger partial charge in [0.05, 0.1) is 0 Å². The monoisotopic (exact) mass is 268 g/mol. The summed E-state index contributed by atoms with van der Waals surface area (Å²) in [4.78, 5) is 12.4. The Morgan fingerprint density at radius 2 is 1.74 bits per heavy atom. The van der Waals surface area contributed by atoms with Crippen LogP contribution in [0.25, 0.3) is 6.08 Å². The van der Waals surface area contributed by atoms with Gasteiger partial charge in [-0.25, -0.2) is 0 Å². The lowest BCUT2D eigenvalue weighted by Gasteiger charge is -2.05. The Morgan fingerprint density at radius 1 is 1.05 bits per heavy atom. The molecule has 2 aromatic carbocycles. The highest BCUT2D eigenvalue weighted by molar-refractivity contribution is 6.30. The first-order valence-corrected chi connectivity index (χ1v) is 6.65. The summed E-state index contributed by atoms with van der Waals surface area (Å²) in [5.74, 6) is 0.289. The molecule has 94 valence electrons. The van der Waals surface area contributed by atoms with Gasteiger partial charge in [0.2, 0.25) is 0 Å². The molecule has 0 saturated heterocycles. The number of carbonyl (C=O) groups excluding carboxylic acids is 1. The molecule has 1 unspecified atom stereocenters. The zero-order valence-electron chi connectivity index (χ0n) is 10.6. The molecule has 0 saturated carbocycles. The Hall–Kier alpha value is -1.86. The van der Waals surface area contributed by atoms with Crippen LogP contribution in [-0.2, 0) is 0 Å². The molecule has 19 heavy (non-hydrogen) atoms. The molecule has 1 atom stereocenters. The van der Waals surface area contributed by atoms with E-state index in [1.165, 1.54) is 0 Å². The number of fused-ring (bicyclic) bond motifs is 1. The van der Waals surface area contributed by atoms with E-state index in [0.717, 1.165) is 22.3 Å². The molecule has 0 N–H and O–H groups in total. The third-order valence-electron chi connectivity index (χ3n) is 3.59. The minimum Gasteiger partial charge on any atom is -0.289 e. The molecule has 2 heteroatoms. The fourth-order valence-corrected chi connectivity index (χ4v) is 2.66. The summed E-state index contributed by atoms with van der Waals surface area (Å²) in [6, 6.07) is 15.4. The number of Topliss-reactive ketones (excluding diaryl/α,β-unsaturated/α-hetero) is 1. The largest absolute Gasteiger partial charge is 0.289 e. The number of ketones is 1. The van der Waals surface area contributed by atoms with Crippen molar-refractivity contribution < 1.29 is 4.79 Å². The molecule has 1 aliphatic carbocycles. The van der Waals surface area contributed by atoms with Crippen molar-refractivity contribution in [2.75, 3.05) is 0 Å². The van der Waals surface area contributed by atoms with E-state index >= 15 is 0 Å². The minimum absolute atomic E-state index is 0.137. The lowest BCUT2D eigenvalue weighted by Crippen LogP contribution is -1.97. The number of carbonyl (C=O) groups is 1. The quantitative estimate of drug-likeness (QED) is 0.684. The Kier molecular flexibility index (Phi) is 3.00. The topological polar surface area (TPSA) is 17.1 Å². The predicted octanol–water partition coefficient (Wildman–Crippen LogP) is 4.72. The molecule has 2 aromatic rings. The fourth-order valence-electron chi connectivity index (χ4n) is 2.53. The average molecular weight is 269 g/mol. The van der Waals surface area contributed by atoms with E-state index in [4.69, 9.17) is 11.6 Å². The standard InChI is InChI=1S/C17H13ClO/c1-11-14-4-2-3-5-15(14)17(19)16(11)10-12-6-8-13(18)9-7-12/h2-11H,1H3/b16-10+. The van der Waals surface area contributed by atoms with Crippen LogP contribution in [0.3, 0.4) is 0 Å². The van der Waals surface area contributed by atoms with E-state index in [2.05, 4.69) is 6.92 Å². The van der Waals surface area contributed by atoms with Crippen molar-refractivity contribution in [3.05, 3.63) is 75.8 Å². The van der Waals surface area contributed by atoms with E-state index in [0.29, 0.717) is 5.02 Å². The highest BCUT2D eigenvalue weighted by Crippen LogP contribution is 2.37. The third-order valence-corrected chi connectivity index (χ3v) is 3.84. The first-order valence-electron chi connectivity index (χ1n) is 6.27. The normalized spacial score (nSPS) is 19.8. The molecule has 1 aliphatic rings. The number of benzene rings is 2. The van der Waals surface area contributed by atoms with Gasteiger partial charge >= 0.3 is 0 Å². The molecular weight excluding hydrogens is 256 g/mol. The molecule has 3 rings (SSSR count). The second-order valence-corrected chi connectivity index (χ2v) is 5.23. The maximum Gasteiger partial charge on any atom is 0.189 e. The molecule has 0 aliphatic heterocycles. The predicted molar refractivity (Wildman–Crippen MR) is 78.6 cm³/mol. The molecule has 0 bridgehead atoms. The van der Waals surface area contributed by atoms with E-state index < -0.39 is 0 Å². The van der Waals surface area contributed by atoms with E-state index in [1.54, 1.807) is 0 Å². The van der Waals surface area contributed by atoms with Gasteiger partial charge < -0.3 is 0 Å². The van der Waals surface area contributed by atoms with Crippen molar-refractivity contribution in [3.63, 3.8) is 0 Å². The summed E-state index contributed by atoms with van der Waals surface area (Å²) >= 11 is 5.87. The van der Waals surface area contributed by atoms with Crippen LogP contribution >= 0.6 is 11.6 Å². The fraction of sp³-hybridized carbons (Fsp3) is 0.118. The number of rotatable bonds is 1. The Labute approximate surface area is 117 Å². The first-order chi connectivity index (χ1) is 9.16. The molecule has 0 radical (unpaired) electrons. The SMILES string of the molecule is CC1/C(=C\c2ccc(Cl)cc2)C(=O)c2ccccc21. The zero-order chi connectivity index (χ0) is 13.4. The van der Waals surface area contributed by atoms with Gasteiger partial charge in [0.25, 0.3) is 0 Å². The second kappa shape index (κ2) is 4.67. The lowest BCUT2D eigenvalue weighted by molar-refractivity contribution is 0.103. The molecule has 0 heterocycles. The maximum absolute atomic E-state index is 12.4. The van der Waals surface area contributed by atoms with Gasteiger partial charge in [-0.1, -0.05) is 54.9 Å². The molecule has 0 amide bonds. The van der Waals surface area contributed by atoms with Crippen molar-refractivity contribution >= 4 is 23.5 Å². The molecular formula is C17H13ClO. The summed E-state index contributed by atoms with van der Waals surface area (Å²) in [5, 5.41) is 0.705. The zero-order valence-corrected chi connectivity index (χ0v) is 11.3. The molecule has 0 fully saturated rings. The van der Waals surface area contributed by atoms with Gasteiger partial charge in [-0.15, -0.1) is 0 Å². The van der Waals surface area contributed by atoms with Gasteiger partial charge in [0, 0.05) is 22.1 Å². The molecule has 0 aromatic heterocycles. The maximum atomic E-state index is 12.4. The number of halogens is 1. The highest BCUT2D eigenvalue weighted by atomic mass is 35.5. The average Bonchev–Trinajstić information content (AvgIpc) is 2.67. The van der Waals surface area contributed by atoms with Crippen LogP contribution in [-0.4, -0.2) is 5.78 Å². The van der Waals surface area contributed by atoms with Crippen LogP contribution in [0.4, 0.5) is 0 Å². The number of hydrogen-bond donors (Lipinski definition) is 0. The van der Waals surface area contributed by atoms with Gasteiger partial charge in [-0.3, -0.25) is 4.79 Å². The van der Waals surface area contributed by atoms with Gasteiger partial charge in [0.15, 0.2) is 5.78 Å². The Balaban J connectivity index is 2.04. The third kappa shape index (κ3) is 2.11. The van der Waals surface area contributed by atoms with Crippen molar-refractivity contribution in [2.45, 2.75) is 12.8 Å². The van der Waals surface area contributed by atoms with Crippen LogP contribution < -0.4 is 0 Å². The molecule has 1 nitrogen and oxygen atoms in total. The number of allylic oxidation sites excluding steroid dienone is 1. The van der Waals surface area contributed by atoms with Gasteiger partial charge in [-0.2, -0.15) is 0 Å². The van der Waals surface area contributed by atoms with Crippen LogP contribution in [0.2, 0.25) is 5.02 Å². The Morgan fingerprint density at radius 3 is 2.42 bits per heavy atom. The van der Waals surface area contributed by atoms with Gasteiger partial charge in [0.1, 0.15) is 0 Å². The van der Waals surface area contributed by atoms with Crippen LogP contribution in [0, 0.1) is 0 Å². The van der Waals surface area contributed by atoms with Crippen molar-refractivity contribution in [1.29, 1.82) is 0 Å². The van der Waals surface area contributed by atoms with Crippen molar-refractivity contribution in [3.8, 4) is 0 Å².